The topological polar surface area (TPSA) is 9.23 Å². The maximum Gasteiger partial charge on any atom is 0.0465 e. The van der Waals surface area contributed by atoms with Gasteiger partial charge in [0.05, 0.1) is 0 Å². The Bertz CT molecular complexity index is 272. The van der Waals surface area contributed by atoms with Gasteiger partial charge in [-0.3, -0.25) is 0 Å². The Labute approximate surface area is 146 Å². The highest BCUT2D eigenvalue weighted by atomic mass is 16.5. The van der Waals surface area contributed by atoms with Crippen molar-refractivity contribution < 1.29 is 4.74 Å². The van der Waals surface area contributed by atoms with E-state index in [4.69, 9.17) is 4.74 Å². The van der Waals surface area contributed by atoms with Crippen molar-refractivity contribution in [2.24, 2.45) is 23.7 Å². The maximum atomic E-state index is 5.49. The summed E-state index contributed by atoms with van der Waals surface area (Å²) in [5.74, 6) is 4.25. The number of hydrogen-bond donors (Lipinski definition) is 0. The zero-order valence-corrected chi connectivity index (χ0v) is 16.0. The van der Waals surface area contributed by atoms with Gasteiger partial charge in [0.1, 0.15) is 0 Å². The highest BCUT2D eigenvalue weighted by molar-refractivity contribution is 4.82. The summed E-state index contributed by atoms with van der Waals surface area (Å²) >= 11 is 0. The van der Waals surface area contributed by atoms with Crippen LogP contribution in [0.5, 0.6) is 0 Å². The zero-order chi connectivity index (χ0) is 16.3. The van der Waals surface area contributed by atoms with Gasteiger partial charge in [-0.2, -0.15) is 0 Å². The van der Waals surface area contributed by atoms with E-state index in [2.05, 4.69) is 13.8 Å². The van der Waals surface area contributed by atoms with Crippen molar-refractivity contribution in [3.63, 3.8) is 0 Å². The Morgan fingerprint density at radius 1 is 0.652 bits per heavy atom. The van der Waals surface area contributed by atoms with Gasteiger partial charge < -0.3 is 4.74 Å². The van der Waals surface area contributed by atoms with E-state index in [0.717, 1.165) is 36.9 Å². The molecule has 2 aliphatic rings. The second kappa shape index (κ2) is 11.5. The molecule has 2 saturated carbocycles. The normalized spacial score (nSPS) is 32.1. The summed E-state index contributed by atoms with van der Waals surface area (Å²) in [6.45, 7) is 6.29. The van der Waals surface area contributed by atoms with Crippen LogP contribution in [0, 0.1) is 23.7 Å². The quantitative estimate of drug-likeness (QED) is 0.393. The second-order valence-corrected chi connectivity index (χ2v) is 8.40. The van der Waals surface area contributed by atoms with E-state index < -0.39 is 0 Å². The van der Waals surface area contributed by atoms with Crippen molar-refractivity contribution in [2.45, 2.75) is 104 Å². The fourth-order valence-corrected chi connectivity index (χ4v) is 5.20. The van der Waals surface area contributed by atoms with E-state index in [-0.39, 0.29) is 0 Å². The lowest BCUT2D eigenvalue weighted by Crippen LogP contribution is -2.26. The van der Waals surface area contributed by atoms with Gasteiger partial charge in [-0.25, -0.2) is 0 Å². The van der Waals surface area contributed by atoms with Gasteiger partial charge in [-0.1, -0.05) is 58.3 Å². The molecular weight excluding hydrogens is 280 g/mol. The first-order valence-electron chi connectivity index (χ1n) is 10.9. The van der Waals surface area contributed by atoms with Crippen LogP contribution < -0.4 is 0 Å². The molecule has 1 nitrogen and oxygen atoms in total. The van der Waals surface area contributed by atoms with Crippen LogP contribution in [0.25, 0.3) is 0 Å². The Morgan fingerprint density at radius 3 is 1.65 bits per heavy atom. The molecule has 1 heteroatoms. The molecule has 0 aliphatic heterocycles. The van der Waals surface area contributed by atoms with Crippen molar-refractivity contribution in [3.8, 4) is 0 Å². The minimum Gasteiger partial charge on any atom is -0.382 e. The van der Waals surface area contributed by atoms with Gasteiger partial charge in [-0.05, 0) is 69.1 Å². The molecule has 2 rings (SSSR count). The molecule has 0 atom stereocenters. The summed E-state index contributed by atoms with van der Waals surface area (Å²) in [6.07, 6.45) is 20.8. The number of unbranched alkanes of at least 4 members (excludes halogenated alkanes) is 2. The summed E-state index contributed by atoms with van der Waals surface area (Å²) in [6, 6.07) is 0. The minimum atomic E-state index is 0.883. The first-order valence-corrected chi connectivity index (χ1v) is 10.9. The molecule has 0 saturated heterocycles. The lowest BCUT2D eigenvalue weighted by molar-refractivity contribution is 0.121. The van der Waals surface area contributed by atoms with Gasteiger partial charge in [0.15, 0.2) is 0 Å². The fourth-order valence-electron chi connectivity index (χ4n) is 5.20. The van der Waals surface area contributed by atoms with Crippen molar-refractivity contribution >= 4 is 0 Å². The molecular formula is C22H42O. The molecule has 0 bridgehead atoms. The average Bonchev–Trinajstić information content (AvgIpc) is 2.60. The van der Waals surface area contributed by atoms with Crippen LogP contribution in [0.4, 0.5) is 0 Å². The first kappa shape index (κ1) is 19.3. The molecule has 0 aromatic carbocycles. The van der Waals surface area contributed by atoms with Gasteiger partial charge in [0.25, 0.3) is 0 Å². The van der Waals surface area contributed by atoms with Crippen LogP contribution in [0.3, 0.4) is 0 Å². The van der Waals surface area contributed by atoms with Gasteiger partial charge in [-0.15, -0.1) is 0 Å². The second-order valence-electron chi connectivity index (χ2n) is 8.40. The molecule has 0 amide bonds. The molecule has 23 heavy (non-hydrogen) atoms. The van der Waals surface area contributed by atoms with Crippen molar-refractivity contribution in [1.82, 2.24) is 0 Å². The highest BCUT2D eigenvalue weighted by Crippen LogP contribution is 2.43. The van der Waals surface area contributed by atoms with Crippen LogP contribution in [0.2, 0.25) is 0 Å². The number of rotatable bonds is 10. The Balaban J connectivity index is 1.55. The first-order chi connectivity index (χ1) is 11.3. The Kier molecular flexibility index (Phi) is 9.65. The smallest absolute Gasteiger partial charge is 0.0465 e. The van der Waals surface area contributed by atoms with Gasteiger partial charge >= 0.3 is 0 Å². The van der Waals surface area contributed by atoms with E-state index in [1.54, 1.807) is 25.7 Å². The standard InChI is InChI=1S/C22H42O/c1-3-5-6-8-19-10-14-21(15-11-19)22-16-12-20(13-17-22)9-7-18-23-4-2/h19-22H,3-18H2,1-2H3. The molecule has 0 unspecified atom stereocenters. The van der Waals surface area contributed by atoms with Gasteiger partial charge in [0.2, 0.25) is 0 Å². The molecule has 0 aromatic rings. The van der Waals surface area contributed by atoms with E-state index in [1.165, 1.54) is 64.2 Å². The SMILES string of the molecule is CCCCCC1CCC(C2CCC(CCCOCC)CC2)CC1. The van der Waals surface area contributed by atoms with Crippen LogP contribution in [0.1, 0.15) is 104 Å². The summed E-state index contributed by atoms with van der Waals surface area (Å²) in [5.41, 5.74) is 0. The van der Waals surface area contributed by atoms with Crippen LogP contribution >= 0.6 is 0 Å². The highest BCUT2D eigenvalue weighted by Gasteiger charge is 2.30. The van der Waals surface area contributed by atoms with E-state index in [0.29, 0.717) is 0 Å². The van der Waals surface area contributed by atoms with E-state index in [1.807, 2.05) is 0 Å². The monoisotopic (exact) mass is 322 g/mol. The van der Waals surface area contributed by atoms with E-state index in [9.17, 15) is 0 Å². The Hall–Kier alpha value is -0.0400. The third kappa shape index (κ3) is 7.16. The van der Waals surface area contributed by atoms with Crippen molar-refractivity contribution in [3.05, 3.63) is 0 Å². The van der Waals surface area contributed by atoms with Crippen LogP contribution in [-0.2, 0) is 4.74 Å². The third-order valence-electron chi connectivity index (χ3n) is 6.77. The molecule has 2 aliphatic carbocycles. The lowest BCUT2D eigenvalue weighted by Gasteiger charge is -2.38. The minimum absolute atomic E-state index is 0.883. The molecule has 0 heterocycles. The fraction of sp³-hybridized carbons (Fsp3) is 1.00. The summed E-state index contributed by atoms with van der Waals surface area (Å²) in [7, 11) is 0. The summed E-state index contributed by atoms with van der Waals surface area (Å²) in [4.78, 5) is 0. The number of hydrogen-bond acceptors (Lipinski definition) is 1. The maximum absolute atomic E-state index is 5.49. The van der Waals surface area contributed by atoms with Crippen molar-refractivity contribution in [1.29, 1.82) is 0 Å². The van der Waals surface area contributed by atoms with Gasteiger partial charge in [0, 0.05) is 13.2 Å². The molecule has 0 aromatic heterocycles. The lowest BCUT2D eigenvalue weighted by atomic mass is 9.68. The zero-order valence-electron chi connectivity index (χ0n) is 16.0. The molecule has 136 valence electrons. The molecule has 0 radical (unpaired) electrons. The average molecular weight is 323 g/mol. The predicted molar refractivity (Wildman–Crippen MR) is 101 cm³/mol. The Morgan fingerprint density at radius 2 is 1.17 bits per heavy atom. The molecule has 0 N–H and O–H groups in total. The largest absolute Gasteiger partial charge is 0.382 e. The number of ether oxygens (including phenoxy) is 1. The summed E-state index contributed by atoms with van der Waals surface area (Å²) < 4.78 is 5.49. The predicted octanol–water partition coefficient (Wildman–Crippen LogP) is 7.00. The molecule has 2 fully saturated rings. The molecule has 0 spiro atoms. The summed E-state index contributed by atoms with van der Waals surface area (Å²) in [5, 5.41) is 0. The van der Waals surface area contributed by atoms with Crippen LogP contribution in [-0.4, -0.2) is 13.2 Å². The van der Waals surface area contributed by atoms with E-state index >= 15 is 0 Å². The van der Waals surface area contributed by atoms with Crippen molar-refractivity contribution in [2.75, 3.05) is 13.2 Å². The van der Waals surface area contributed by atoms with Crippen LogP contribution in [0.15, 0.2) is 0 Å². The third-order valence-corrected chi connectivity index (χ3v) is 6.77.